The second-order valence-corrected chi connectivity index (χ2v) is 39.5. The van der Waals surface area contributed by atoms with Crippen LogP contribution in [0.5, 0.6) is 17.2 Å². The fourth-order valence-electron chi connectivity index (χ4n) is 17.1. The molecule has 0 unspecified atom stereocenters. The third-order valence-electron chi connectivity index (χ3n) is 21.7. The predicted molar refractivity (Wildman–Crippen MR) is 421 cm³/mol. The van der Waals surface area contributed by atoms with Gasteiger partial charge in [-0.25, -0.2) is 18.0 Å². The quantitative estimate of drug-likeness (QED) is 0.0294. The summed E-state index contributed by atoms with van der Waals surface area (Å²) in [5, 5.41) is 19.2. The number of aliphatic carboxylic acids is 1. The van der Waals surface area contributed by atoms with Gasteiger partial charge in [-0.3, -0.25) is 24.0 Å². The number of rotatable bonds is 19. The number of carboxylic acid groups (broad SMARTS) is 2. The van der Waals surface area contributed by atoms with Gasteiger partial charge in [-0.15, -0.1) is 51.9 Å². The topological polar surface area (TPSA) is 261 Å². The van der Waals surface area contributed by atoms with Gasteiger partial charge in [-0.2, -0.15) is 0 Å². The number of aromatic carboxylic acids is 1. The van der Waals surface area contributed by atoms with Crippen molar-refractivity contribution in [1.82, 2.24) is 13.7 Å². The molecule has 6 aliphatic carbocycles. The summed E-state index contributed by atoms with van der Waals surface area (Å²) in [6, 6.07) is 28.9. The Balaban J connectivity index is 0.000000246. The number of halogens is 13. The van der Waals surface area contributed by atoms with E-state index in [1.807, 2.05) is 0 Å². The maximum atomic E-state index is 14.5. The van der Waals surface area contributed by atoms with E-state index < -0.39 is 68.2 Å². The molecule has 117 heavy (non-hydrogen) atoms. The number of aromatic nitrogens is 3. The Morgan fingerprint density at radius 1 is 0.427 bits per heavy atom. The molecule has 6 N–H and O–H groups in total. The maximum absolute atomic E-state index is 14.5. The number of ketones is 2. The van der Waals surface area contributed by atoms with Crippen LogP contribution >= 0.6 is 12.4 Å². The molecule has 3 aromatic heterocycles. The molecule has 18 nitrogen and oxygen atoms in total. The van der Waals surface area contributed by atoms with Crippen LogP contribution in [-0.2, 0) is 43.5 Å². The van der Waals surface area contributed by atoms with Crippen molar-refractivity contribution in [2.75, 3.05) is 14.2 Å². The van der Waals surface area contributed by atoms with Crippen molar-refractivity contribution >= 4 is 100 Å². The number of nitrogens with zero attached hydrogens (tertiary/aromatic N) is 3. The van der Waals surface area contributed by atoms with E-state index in [2.05, 4.69) is 33.8 Å². The normalized spacial score (nSPS) is 21.6. The summed E-state index contributed by atoms with van der Waals surface area (Å²) in [4.78, 5) is 78.7. The van der Waals surface area contributed by atoms with E-state index in [0.717, 1.165) is 82.4 Å². The van der Waals surface area contributed by atoms with E-state index in [1.54, 1.807) is 33.7 Å². The van der Waals surface area contributed by atoms with Crippen molar-refractivity contribution in [2.24, 2.45) is 51.6 Å². The van der Waals surface area contributed by atoms with Crippen LogP contribution in [0, 0.1) is 63.3 Å². The molecule has 32 heteroatoms. The summed E-state index contributed by atoms with van der Waals surface area (Å²) in [5.41, 5.74) is 10.2. The van der Waals surface area contributed by atoms with Crippen LogP contribution in [0.2, 0.25) is 14.8 Å². The zero-order valence-corrected chi connectivity index (χ0v) is 66.3. The first-order valence-electron chi connectivity index (χ1n) is 36.3. The second kappa shape index (κ2) is 39.1. The molecule has 6 aromatic carbocycles. The average molecular weight is 1780 g/mol. The number of carbonyl (C=O) groups excluding carboxylic acids is 4. The number of Topliss-reactive ketones (excluding diaryl/α,β-unsaturated/α-hetero) is 2. The average Bonchev–Trinajstić information content (AvgIpc) is 1.63. The molecule has 0 aliphatic heterocycles. The molecule has 0 amide bonds. The van der Waals surface area contributed by atoms with Crippen LogP contribution in [-0.4, -0.2) is 124 Å². The number of methoxy groups -OCH3 is 2. The third kappa shape index (κ3) is 23.8. The molecule has 3 heterocycles. The van der Waals surface area contributed by atoms with Crippen LogP contribution in [0.4, 0.5) is 52.7 Å². The Morgan fingerprint density at radius 2 is 0.692 bits per heavy atom. The molecule has 3 spiro atoms. The van der Waals surface area contributed by atoms with Crippen LogP contribution in [0.3, 0.4) is 0 Å². The van der Waals surface area contributed by atoms with Gasteiger partial charge < -0.3 is 58.8 Å². The van der Waals surface area contributed by atoms with Gasteiger partial charge in [-0.1, -0.05) is 58.7 Å². The minimum atomic E-state index is -4.78. The monoisotopic (exact) mass is 1780 g/mol. The number of alkyl halides is 9. The van der Waals surface area contributed by atoms with Crippen LogP contribution in [0.1, 0.15) is 160 Å². The van der Waals surface area contributed by atoms with Gasteiger partial charge in [0.15, 0.2) is 11.6 Å². The number of hydrogen-bond donors (Lipinski definition) is 3. The van der Waals surface area contributed by atoms with Gasteiger partial charge in [-0.05, 0) is 213 Å². The summed E-state index contributed by atoms with van der Waals surface area (Å²) in [5.74, 6) is -4.54. The molecule has 6 aliphatic rings. The molecule has 6 saturated carbocycles. The summed E-state index contributed by atoms with van der Waals surface area (Å²) in [7, 11) is 2.85. The van der Waals surface area contributed by atoms with E-state index in [9.17, 15) is 86.6 Å². The van der Waals surface area contributed by atoms with Crippen molar-refractivity contribution in [3.63, 3.8) is 0 Å². The number of carboxylic acids is 2. The fourth-order valence-corrected chi connectivity index (χ4v) is 17.1. The SMILES string of the molecule is C.C.C.COC(=O)C1CC2(CC(CC(=O)c3ccc(F)c4ccn(Cc5ccc(OC(F)(F)F)cc5)c34)C2)C1.COC(=O)C1CC2(CC(N)C2)C1.Cl.O.O=C(CC1CC2(C1)CC(C(=O)O)C2)c1ccc(F)c2ccn(Cc3ccc(OC(F)(F)F)cc3)c12.O=C(O)c1ccc(F)c2ccn(Cc3ccc(OC(F)(F)F)cc3)c12.[CH3][Sn]([CH3])[CH3]. The van der Waals surface area contributed by atoms with E-state index in [4.69, 9.17) is 15.6 Å². The first kappa shape index (κ1) is 96.6. The Kier molecular flexibility index (Phi) is 32.3. The van der Waals surface area contributed by atoms with E-state index in [1.165, 1.54) is 122 Å². The number of nitrogens with two attached hydrogens (primary N) is 1. The molecule has 9 aromatic rings. The molecule has 0 saturated heterocycles. The van der Waals surface area contributed by atoms with Crippen molar-refractivity contribution < 1.29 is 121 Å². The minimum absolute atomic E-state index is 0. The van der Waals surface area contributed by atoms with E-state index in [0.29, 0.717) is 86.8 Å². The molecule has 6 fully saturated rings. The number of ether oxygens (including phenoxy) is 5. The molecule has 1 radical (unpaired) electrons. The van der Waals surface area contributed by atoms with Crippen molar-refractivity contribution in [1.29, 1.82) is 0 Å². The third-order valence-corrected chi connectivity index (χ3v) is 21.7. The Morgan fingerprint density at radius 3 is 0.949 bits per heavy atom. The molecule has 15 rings (SSSR count). The van der Waals surface area contributed by atoms with Gasteiger partial charge in [0.2, 0.25) is 0 Å². The van der Waals surface area contributed by atoms with Gasteiger partial charge in [0.1, 0.15) is 34.7 Å². The summed E-state index contributed by atoms with van der Waals surface area (Å²) < 4.78 is 180. The number of carbonyl (C=O) groups is 6. The summed E-state index contributed by atoms with van der Waals surface area (Å²) in [6.07, 6.45) is 1.84. The molecule has 0 bridgehead atoms. The molecule has 0 atom stereocenters. The van der Waals surface area contributed by atoms with Gasteiger partial charge >= 0.3 is 77.5 Å². The number of fused-ring (bicyclic) bond motifs is 3. The van der Waals surface area contributed by atoms with Gasteiger partial charge in [0.05, 0.1) is 54.1 Å². The molecular formula is C85H98ClF12N4O14Sn. The summed E-state index contributed by atoms with van der Waals surface area (Å²) >= 11 is -0.543. The van der Waals surface area contributed by atoms with Crippen LogP contribution in [0.25, 0.3) is 32.7 Å². The Labute approximate surface area is 682 Å². The Bertz CT molecular complexity index is 4910. The standard InChI is InChI=1S/C27H25F4NO4.C26H23F4NO4.C17H11F4NO3.C9H15NO2.3CH4.3CH3.ClH.H2O.Sn/c1-35-25(34)18-13-26(14-18)11-17(12-26)10-23(33)21-6-7-22(28)20-8-9-32(24(20)21)15-16-2-4-19(5-3-16)36-27(29,30)31;27-21-6-5-20(22(32)9-16-10-25(11-16)12-17(13-25)24(33)34)23-19(21)7-8-31(23)14-15-1-3-18(4-2-15)35-26(28,29)30;18-14-6-5-13(16(23)24)15-12(14)7-8-22(15)9-10-1-3-11(4-2-10)25-17(19,20)21;1-12-8(11)6-2-9(3-6)4-7(10)5-9;;;;;;;;;/h2-9,17-18H,10-15H2,1H3;1-8,16-17H,9-14H2,(H,33,34);1-8H,9H2,(H,23,24);6-7H,2-5,10H2,1H3;3*1H4;3*1H3;1H;1H2;. The fraction of sp³-hybridized carbons (Fsp3) is 0.435. The second-order valence-electron chi connectivity index (χ2n) is 31.0. The summed E-state index contributed by atoms with van der Waals surface area (Å²) in [6.45, 7) is 0.656. The van der Waals surface area contributed by atoms with Gasteiger partial charge in [0, 0.05) is 84.4 Å². The van der Waals surface area contributed by atoms with Gasteiger partial charge in [0.25, 0.3) is 0 Å². The predicted octanol–water partition coefficient (Wildman–Crippen LogP) is 20.4. The van der Waals surface area contributed by atoms with Crippen LogP contribution in [0.15, 0.2) is 146 Å². The number of hydrogen-bond acceptors (Lipinski definition) is 12. The van der Waals surface area contributed by atoms with Crippen molar-refractivity contribution in [3.8, 4) is 17.2 Å². The zero-order chi connectivity index (χ0) is 81.2. The number of esters is 2. The first-order valence-corrected chi connectivity index (χ1v) is 44.8. The number of benzene rings is 6. The van der Waals surface area contributed by atoms with Crippen molar-refractivity contribution in [3.05, 3.63) is 197 Å². The first-order chi connectivity index (χ1) is 52.7. The van der Waals surface area contributed by atoms with Crippen molar-refractivity contribution in [2.45, 2.75) is 172 Å². The van der Waals surface area contributed by atoms with E-state index in [-0.39, 0.29) is 157 Å². The Hall–Kier alpha value is -9.27. The molecular weight excluding hydrogens is 1680 g/mol. The van der Waals surface area contributed by atoms with Crippen LogP contribution < -0.4 is 19.9 Å². The molecule has 637 valence electrons. The zero-order valence-electron chi connectivity index (χ0n) is 62.6. The van der Waals surface area contributed by atoms with E-state index >= 15 is 0 Å².